The standard InChI is InChI=1S/C22H26FN5O3/c1-15-11-17(5-6-24-15)26-7-9-27(10-8-26)21-4-3-18(12-20(21)23)28-14-19(31-22(28)30)13-25-16(2)29/h3-6,11-12,19H,7-10,13-14H2,1-2H3,(H,25,29)/t19-/m0/s1. The zero-order valence-corrected chi connectivity index (χ0v) is 17.7. The summed E-state index contributed by atoms with van der Waals surface area (Å²) in [5.74, 6) is -0.562. The summed E-state index contributed by atoms with van der Waals surface area (Å²) in [6.45, 7) is 6.84. The third-order valence-electron chi connectivity index (χ3n) is 5.56. The van der Waals surface area contributed by atoms with E-state index >= 15 is 0 Å². The largest absolute Gasteiger partial charge is 0.442 e. The molecule has 4 rings (SSSR count). The minimum atomic E-state index is -0.538. The van der Waals surface area contributed by atoms with Gasteiger partial charge < -0.3 is 19.9 Å². The summed E-state index contributed by atoms with van der Waals surface area (Å²) >= 11 is 0. The van der Waals surface area contributed by atoms with Gasteiger partial charge in [0, 0.05) is 50.7 Å². The number of pyridine rings is 1. The molecular weight excluding hydrogens is 401 g/mol. The molecule has 9 heteroatoms. The van der Waals surface area contributed by atoms with Gasteiger partial charge in [0.25, 0.3) is 0 Å². The summed E-state index contributed by atoms with van der Waals surface area (Å²) in [6.07, 6.45) is 0.812. The van der Waals surface area contributed by atoms with E-state index < -0.39 is 12.2 Å². The molecule has 2 aromatic rings. The maximum atomic E-state index is 14.9. The van der Waals surface area contributed by atoms with Crippen molar-refractivity contribution in [2.24, 2.45) is 0 Å². The predicted octanol–water partition coefficient (Wildman–Crippen LogP) is 2.32. The Bertz CT molecular complexity index is 977. The second-order valence-electron chi connectivity index (χ2n) is 7.82. The molecule has 2 amide bonds. The van der Waals surface area contributed by atoms with Gasteiger partial charge in [-0.2, -0.15) is 0 Å². The number of hydrogen-bond acceptors (Lipinski definition) is 6. The third kappa shape index (κ3) is 4.70. The van der Waals surface area contributed by atoms with Crippen molar-refractivity contribution < 1.29 is 18.7 Å². The monoisotopic (exact) mass is 427 g/mol. The van der Waals surface area contributed by atoms with Gasteiger partial charge in [0.2, 0.25) is 5.91 Å². The maximum absolute atomic E-state index is 14.9. The Morgan fingerprint density at radius 3 is 2.58 bits per heavy atom. The van der Waals surface area contributed by atoms with Crippen LogP contribution in [0.1, 0.15) is 12.6 Å². The Kier molecular flexibility index (Phi) is 5.92. The molecular formula is C22H26FN5O3. The molecule has 0 aliphatic carbocycles. The number of rotatable bonds is 5. The van der Waals surface area contributed by atoms with Gasteiger partial charge in [0.1, 0.15) is 11.9 Å². The van der Waals surface area contributed by atoms with E-state index in [-0.39, 0.29) is 24.8 Å². The molecule has 0 saturated carbocycles. The van der Waals surface area contributed by atoms with Gasteiger partial charge in [0.15, 0.2) is 0 Å². The zero-order chi connectivity index (χ0) is 22.0. The molecule has 2 fully saturated rings. The number of cyclic esters (lactones) is 1. The number of halogens is 1. The van der Waals surface area contributed by atoms with Crippen molar-refractivity contribution in [2.45, 2.75) is 20.0 Å². The number of benzene rings is 1. The van der Waals surface area contributed by atoms with E-state index in [1.807, 2.05) is 17.9 Å². The topological polar surface area (TPSA) is 78.0 Å². The SMILES string of the molecule is CC(=O)NC[C@H]1CN(c2ccc(N3CCN(c4ccnc(C)c4)CC3)c(F)c2)C(=O)O1. The van der Waals surface area contributed by atoms with E-state index in [1.165, 1.54) is 17.9 Å². The summed E-state index contributed by atoms with van der Waals surface area (Å²) < 4.78 is 20.2. The van der Waals surface area contributed by atoms with Crippen LogP contribution in [0.3, 0.4) is 0 Å². The molecule has 1 aromatic carbocycles. The fourth-order valence-electron chi connectivity index (χ4n) is 3.95. The van der Waals surface area contributed by atoms with Crippen molar-refractivity contribution in [3.8, 4) is 0 Å². The second-order valence-corrected chi connectivity index (χ2v) is 7.82. The van der Waals surface area contributed by atoms with Crippen molar-refractivity contribution in [1.82, 2.24) is 10.3 Å². The number of amides is 2. The summed E-state index contributed by atoms with van der Waals surface area (Å²) in [7, 11) is 0. The van der Waals surface area contributed by atoms with Gasteiger partial charge in [-0.3, -0.25) is 14.7 Å². The van der Waals surface area contributed by atoms with E-state index in [0.717, 1.165) is 24.5 Å². The Labute approximate surface area is 180 Å². The molecule has 1 atom stereocenters. The fourth-order valence-corrected chi connectivity index (χ4v) is 3.95. The number of piperazine rings is 1. The highest BCUT2D eigenvalue weighted by molar-refractivity contribution is 5.90. The highest BCUT2D eigenvalue weighted by atomic mass is 19.1. The zero-order valence-electron chi connectivity index (χ0n) is 17.7. The molecule has 164 valence electrons. The molecule has 31 heavy (non-hydrogen) atoms. The van der Waals surface area contributed by atoms with Gasteiger partial charge in [-0.1, -0.05) is 0 Å². The van der Waals surface area contributed by atoms with Crippen LogP contribution in [0.4, 0.5) is 26.2 Å². The number of carbonyl (C=O) groups is 2. The molecule has 8 nitrogen and oxygen atoms in total. The number of aromatic nitrogens is 1. The fraction of sp³-hybridized carbons (Fsp3) is 0.409. The quantitative estimate of drug-likeness (QED) is 0.789. The first-order valence-electron chi connectivity index (χ1n) is 10.4. The van der Waals surface area contributed by atoms with Crippen LogP contribution in [0.5, 0.6) is 0 Å². The van der Waals surface area contributed by atoms with Crippen LogP contribution in [0.25, 0.3) is 0 Å². The van der Waals surface area contributed by atoms with Gasteiger partial charge in [-0.05, 0) is 37.3 Å². The lowest BCUT2D eigenvalue weighted by Gasteiger charge is -2.37. The van der Waals surface area contributed by atoms with Crippen LogP contribution in [0.2, 0.25) is 0 Å². The lowest BCUT2D eigenvalue weighted by molar-refractivity contribution is -0.119. The molecule has 3 heterocycles. The normalized spacial score (nSPS) is 18.9. The van der Waals surface area contributed by atoms with Crippen molar-refractivity contribution >= 4 is 29.1 Å². The molecule has 0 bridgehead atoms. The van der Waals surface area contributed by atoms with Crippen molar-refractivity contribution in [2.75, 3.05) is 54.0 Å². The molecule has 1 N–H and O–H groups in total. The van der Waals surface area contributed by atoms with E-state index in [0.29, 0.717) is 24.5 Å². The van der Waals surface area contributed by atoms with Crippen molar-refractivity contribution in [1.29, 1.82) is 0 Å². The number of nitrogens with one attached hydrogen (secondary N) is 1. The molecule has 0 radical (unpaired) electrons. The van der Waals surface area contributed by atoms with Crippen LogP contribution >= 0.6 is 0 Å². The van der Waals surface area contributed by atoms with Crippen molar-refractivity contribution in [3.63, 3.8) is 0 Å². The van der Waals surface area contributed by atoms with E-state index in [2.05, 4.69) is 21.3 Å². The van der Waals surface area contributed by atoms with Crippen LogP contribution in [0.15, 0.2) is 36.5 Å². The Balaban J connectivity index is 1.39. The molecule has 1 aromatic heterocycles. The predicted molar refractivity (Wildman–Crippen MR) is 116 cm³/mol. The minimum Gasteiger partial charge on any atom is -0.442 e. The molecule has 0 spiro atoms. The average molecular weight is 427 g/mol. The Morgan fingerprint density at radius 2 is 1.90 bits per heavy atom. The second kappa shape index (κ2) is 8.79. The Morgan fingerprint density at radius 1 is 1.16 bits per heavy atom. The number of aryl methyl sites for hydroxylation is 1. The number of hydrogen-bond donors (Lipinski definition) is 1. The first-order valence-corrected chi connectivity index (χ1v) is 10.4. The van der Waals surface area contributed by atoms with Crippen LogP contribution in [-0.4, -0.2) is 62.4 Å². The van der Waals surface area contributed by atoms with Gasteiger partial charge in [0.05, 0.1) is 24.5 Å². The van der Waals surface area contributed by atoms with E-state index in [9.17, 15) is 14.0 Å². The van der Waals surface area contributed by atoms with Gasteiger partial charge in [-0.15, -0.1) is 0 Å². The molecule has 2 saturated heterocycles. The summed E-state index contributed by atoms with van der Waals surface area (Å²) in [5, 5.41) is 2.63. The van der Waals surface area contributed by atoms with E-state index in [4.69, 9.17) is 4.74 Å². The lowest BCUT2D eigenvalue weighted by Crippen LogP contribution is -2.46. The molecule has 0 unspecified atom stereocenters. The first-order chi connectivity index (χ1) is 14.9. The van der Waals surface area contributed by atoms with Crippen molar-refractivity contribution in [3.05, 3.63) is 48.0 Å². The van der Waals surface area contributed by atoms with E-state index in [1.54, 1.807) is 18.3 Å². The Hall–Kier alpha value is -3.36. The highest BCUT2D eigenvalue weighted by Gasteiger charge is 2.33. The highest BCUT2D eigenvalue weighted by Crippen LogP contribution is 2.29. The summed E-state index contributed by atoms with van der Waals surface area (Å²) in [6, 6.07) is 8.87. The summed E-state index contributed by atoms with van der Waals surface area (Å²) in [4.78, 5) is 33.1. The smallest absolute Gasteiger partial charge is 0.414 e. The first kappa shape index (κ1) is 20.9. The average Bonchev–Trinajstić information content (AvgIpc) is 3.13. The molecule has 2 aliphatic rings. The lowest BCUT2D eigenvalue weighted by atomic mass is 10.2. The summed E-state index contributed by atoms with van der Waals surface area (Å²) in [5.41, 5.74) is 3.07. The van der Waals surface area contributed by atoms with Gasteiger partial charge >= 0.3 is 6.09 Å². The van der Waals surface area contributed by atoms with Crippen LogP contribution in [-0.2, 0) is 9.53 Å². The minimum absolute atomic E-state index is 0.191. The number of anilines is 3. The number of ether oxygens (including phenoxy) is 1. The molecule has 2 aliphatic heterocycles. The van der Waals surface area contributed by atoms with Crippen LogP contribution in [0, 0.1) is 12.7 Å². The van der Waals surface area contributed by atoms with Gasteiger partial charge in [-0.25, -0.2) is 9.18 Å². The number of carbonyl (C=O) groups excluding carboxylic acids is 2. The third-order valence-corrected chi connectivity index (χ3v) is 5.56. The number of nitrogens with zero attached hydrogens (tertiary/aromatic N) is 4. The maximum Gasteiger partial charge on any atom is 0.414 e. The van der Waals surface area contributed by atoms with Crippen LogP contribution < -0.4 is 20.0 Å².